The van der Waals surface area contributed by atoms with E-state index >= 15 is 4.11 Å². The van der Waals surface area contributed by atoms with E-state index in [-0.39, 0.29) is 24.5 Å². The van der Waals surface area contributed by atoms with Crippen molar-refractivity contribution >= 4 is 36.7 Å². The van der Waals surface area contributed by atoms with E-state index in [1.807, 2.05) is 43.3 Å². The van der Waals surface area contributed by atoms with Gasteiger partial charge in [0.15, 0.2) is 5.60 Å². The molecule has 0 aliphatic carbocycles. The lowest BCUT2D eigenvalue weighted by Gasteiger charge is -2.37. The number of hydrogen-bond donors (Lipinski definition) is 2. The monoisotopic (exact) mass is 626 g/mol. The number of nitrogens with zero attached hydrogens (tertiary/aromatic N) is 3. The van der Waals surface area contributed by atoms with Crippen molar-refractivity contribution in [3.8, 4) is 5.69 Å². The van der Waals surface area contributed by atoms with Crippen LogP contribution in [0.5, 0.6) is 0 Å². The highest BCUT2D eigenvalue weighted by Crippen LogP contribution is 2.59. The Bertz CT molecular complexity index is 1910. The predicted octanol–water partition coefficient (Wildman–Crippen LogP) is 4.45. The Morgan fingerprint density at radius 1 is 1.11 bits per heavy atom. The average molecular weight is 627 g/mol. The van der Waals surface area contributed by atoms with Crippen LogP contribution in [-0.4, -0.2) is 58.8 Å². The van der Waals surface area contributed by atoms with E-state index in [4.69, 9.17) is 4.74 Å². The number of fused-ring (bicyclic) bond motifs is 4. The molecule has 1 aromatic heterocycles. The number of carbonyl (C=O) groups excluding carboxylic acids is 2. The Kier molecular flexibility index (Phi) is 7.03. The maximum Gasteiger partial charge on any atom is 0.279 e. The molecule has 2 amide bonds. The van der Waals surface area contributed by atoms with Crippen LogP contribution in [-0.2, 0) is 32.9 Å². The van der Waals surface area contributed by atoms with Crippen LogP contribution >= 0.6 is 0 Å². The second-order valence-corrected chi connectivity index (χ2v) is 16.7. The number of nitrogens with one attached hydrogen (secondary N) is 1. The molecule has 3 aliphatic rings. The minimum atomic E-state index is -3.50. The normalized spacial score (nSPS) is 25.8. The standard InChI is InChI=1S/C34H35FN4O5Si/c1-20-31(45(2,3)35)29(16-30(41)38-18-23-10-5-4-8-21(23)14-25(38)19-40)44-34(20)27-15-24(12-13-28(27)37-33(34)43)39-32(42)26-11-7-6-9-22(26)17-36-39/h4-13,15,17,20,25,29,31,40H,14,16,18-19H2,1-3H3,(H,37,43)/t20-,25+,29+,31-,34+/m1/s1. The average Bonchev–Trinajstić information content (AvgIpc) is 3.48. The summed E-state index contributed by atoms with van der Waals surface area (Å²) in [4.78, 5) is 42.8. The molecule has 2 N–H and O–H groups in total. The molecule has 0 bridgehead atoms. The van der Waals surface area contributed by atoms with E-state index in [1.165, 1.54) is 4.68 Å². The predicted molar refractivity (Wildman–Crippen MR) is 170 cm³/mol. The number of anilines is 1. The topological polar surface area (TPSA) is 114 Å². The third kappa shape index (κ3) is 4.63. The Labute approximate surface area is 260 Å². The fourth-order valence-corrected chi connectivity index (χ4v) is 10.3. The molecule has 0 saturated carbocycles. The van der Waals surface area contributed by atoms with Crippen molar-refractivity contribution in [1.82, 2.24) is 14.7 Å². The van der Waals surface area contributed by atoms with Gasteiger partial charge in [-0.15, -0.1) is 0 Å². The third-order valence-electron chi connectivity index (χ3n) is 9.90. The molecule has 7 rings (SSSR count). The molecule has 9 nitrogen and oxygen atoms in total. The summed E-state index contributed by atoms with van der Waals surface area (Å²) in [5.74, 6) is -1.27. The van der Waals surface area contributed by atoms with Crippen molar-refractivity contribution in [3.63, 3.8) is 0 Å². The Hall–Kier alpha value is -4.19. The molecule has 232 valence electrons. The summed E-state index contributed by atoms with van der Waals surface area (Å²) in [6.07, 6.45) is 1.16. The van der Waals surface area contributed by atoms with Gasteiger partial charge in [0.05, 0.1) is 42.4 Å². The molecule has 45 heavy (non-hydrogen) atoms. The van der Waals surface area contributed by atoms with E-state index in [0.29, 0.717) is 40.7 Å². The lowest BCUT2D eigenvalue weighted by molar-refractivity contribution is -0.149. The van der Waals surface area contributed by atoms with Crippen molar-refractivity contribution in [2.24, 2.45) is 5.92 Å². The summed E-state index contributed by atoms with van der Waals surface area (Å²) in [6.45, 7) is 5.14. The number of aromatic nitrogens is 2. The minimum Gasteiger partial charge on any atom is -0.394 e. The van der Waals surface area contributed by atoms with Gasteiger partial charge in [-0.25, -0.2) is 0 Å². The molecule has 0 radical (unpaired) electrons. The van der Waals surface area contributed by atoms with Gasteiger partial charge in [0.2, 0.25) is 14.3 Å². The molecule has 1 spiro atoms. The SMILES string of the molecule is C[C@@H]1[C@@H]([Si](C)(C)F)[C@H](CC(=O)N2Cc3ccccc3C[C@H]2CO)O[C@@]12C(=O)Nc1ccc(-n3ncc4ccccc4c3=O)cc12. The third-order valence-corrected chi connectivity index (χ3v) is 12.4. The zero-order chi connectivity index (χ0) is 31.7. The zero-order valence-corrected chi connectivity index (χ0v) is 26.4. The van der Waals surface area contributed by atoms with E-state index in [2.05, 4.69) is 10.4 Å². The maximum absolute atomic E-state index is 16.2. The van der Waals surface area contributed by atoms with Crippen LogP contribution in [0.3, 0.4) is 0 Å². The fraction of sp³-hybridized carbons (Fsp3) is 0.353. The first-order valence-corrected chi connectivity index (χ1v) is 18.3. The highest BCUT2D eigenvalue weighted by atomic mass is 28.4. The van der Waals surface area contributed by atoms with Gasteiger partial charge in [-0.3, -0.25) is 14.4 Å². The van der Waals surface area contributed by atoms with Crippen LogP contribution in [0.4, 0.5) is 9.80 Å². The highest BCUT2D eigenvalue weighted by molar-refractivity contribution is 6.72. The van der Waals surface area contributed by atoms with Gasteiger partial charge in [0.25, 0.3) is 11.5 Å². The number of benzene rings is 3. The minimum absolute atomic E-state index is 0.121. The number of amides is 2. The van der Waals surface area contributed by atoms with Crippen molar-refractivity contribution in [3.05, 3.63) is 100.0 Å². The first kappa shape index (κ1) is 29.5. The lowest BCUT2D eigenvalue weighted by Crippen LogP contribution is -2.48. The van der Waals surface area contributed by atoms with Gasteiger partial charge in [-0.1, -0.05) is 49.4 Å². The molecular weight excluding hydrogens is 591 g/mol. The maximum atomic E-state index is 16.2. The molecule has 3 aliphatic heterocycles. The van der Waals surface area contributed by atoms with Crippen LogP contribution in [0.2, 0.25) is 18.6 Å². The van der Waals surface area contributed by atoms with Gasteiger partial charge in [0.1, 0.15) is 0 Å². The molecule has 3 aromatic carbocycles. The van der Waals surface area contributed by atoms with Gasteiger partial charge in [-0.2, -0.15) is 9.78 Å². The van der Waals surface area contributed by atoms with Gasteiger partial charge in [0, 0.05) is 34.6 Å². The highest BCUT2D eigenvalue weighted by Gasteiger charge is 2.65. The summed E-state index contributed by atoms with van der Waals surface area (Å²) in [6, 6.07) is 19.7. The fourth-order valence-electron chi connectivity index (χ4n) is 7.79. The van der Waals surface area contributed by atoms with E-state index in [9.17, 15) is 19.5 Å². The number of halogens is 1. The summed E-state index contributed by atoms with van der Waals surface area (Å²) >= 11 is 0. The number of rotatable bonds is 5. The van der Waals surface area contributed by atoms with E-state index in [0.717, 1.165) is 11.1 Å². The van der Waals surface area contributed by atoms with Gasteiger partial charge < -0.3 is 24.2 Å². The van der Waals surface area contributed by atoms with E-state index < -0.39 is 43.5 Å². The lowest BCUT2D eigenvalue weighted by atomic mass is 9.82. The molecule has 4 aromatic rings. The largest absolute Gasteiger partial charge is 0.394 e. The number of aliphatic hydroxyl groups is 1. The number of hydrogen-bond acceptors (Lipinski definition) is 6. The molecule has 5 atom stereocenters. The van der Waals surface area contributed by atoms with Crippen molar-refractivity contribution in [1.29, 1.82) is 0 Å². The summed E-state index contributed by atoms with van der Waals surface area (Å²) in [5.41, 5.74) is 1.03. The Morgan fingerprint density at radius 2 is 1.84 bits per heavy atom. The molecule has 1 saturated heterocycles. The van der Waals surface area contributed by atoms with Crippen molar-refractivity contribution in [2.45, 2.75) is 62.7 Å². The van der Waals surface area contributed by atoms with Gasteiger partial charge in [-0.05, 0) is 54.9 Å². The van der Waals surface area contributed by atoms with Gasteiger partial charge >= 0.3 is 0 Å². The second kappa shape index (κ2) is 10.7. The molecule has 11 heteroatoms. The summed E-state index contributed by atoms with van der Waals surface area (Å²) < 4.78 is 24.2. The molecule has 1 fully saturated rings. The molecular formula is C34H35FN4O5Si. The first-order valence-electron chi connectivity index (χ1n) is 15.3. The molecule has 4 heterocycles. The van der Waals surface area contributed by atoms with Crippen LogP contribution in [0.25, 0.3) is 16.5 Å². The van der Waals surface area contributed by atoms with E-state index in [1.54, 1.807) is 54.5 Å². The van der Waals surface area contributed by atoms with Crippen LogP contribution < -0.4 is 10.9 Å². The Morgan fingerprint density at radius 3 is 2.60 bits per heavy atom. The Balaban J connectivity index is 1.26. The second-order valence-electron chi connectivity index (χ2n) is 12.9. The number of aliphatic hydroxyl groups excluding tert-OH is 1. The number of ether oxygens (including phenoxy) is 1. The zero-order valence-electron chi connectivity index (χ0n) is 25.4. The van der Waals surface area contributed by atoms with Crippen LogP contribution in [0, 0.1) is 5.92 Å². The van der Waals surface area contributed by atoms with Crippen molar-refractivity contribution < 1.29 is 23.5 Å². The van der Waals surface area contributed by atoms with Crippen LogP contribution in [0.15, 0.2) is 77.7 Å². The molecule has 0 unspecified atom stereocenters. The number of carbonyl (C=O) groups is 2. The van der Waals surface area contributed by atoms with Crippen LogP contribution in [0.1, 0.15) is 30.0 Å². The summed E-state index contributed by atoms with van der Waals surface area (Å²) in [5, 5.41) is 18.7. The quantitative estimate of drug-likeness (QED) is 0.250. The summed E-state index contributed by atoms with van der Waals surface area (Å²) in [7, 11) is -3.50. The first-order chi connectivity index (χ1) is 21.5. The smallest absolute Gasteiger partial charge is 0.279 e. The van der Waals surface area contributed by atoms with Crippen molar-refractivity contribution in [2.75, 3.05) is 11.9 Å².